The second-order valence-corrected chi connectivity index (χ2v) is 13.0. The van der Waals surface area contributed by atoms with E-state index in [1.165, 1.54) is 72.3 Å². The van der Waals surface area contributed by atoms with Crippen LogP contribution in [0.1, 0.15) is 61.7 Å². The number of rotatable bonds is 4. The Morgan fingerprint density at radius 3 is 1.85 bits per heavy atom. The average Bonchev–Trinajstić information content (AvgIpc) is 3.64. The molecular formula is C43H35N3. The first kappa shape index (κ1) is 27.0. The summed E-state index contributed by atoms with van der Waals surface area (Å²) in [6, 6.07) is 43.1. The van der Waals surface area contributed by atoms with Crippen molar-refractivity contribution in [3.63, 3.8) is 0 Å². The number of fused-ring (bicyclic) bond motifs is 6. The third kappa shape index (κ3) is 4.32. The van der Waals surface area contributed by atoms with Gasteiger partial charge in [-0.2, -0.15) is 5.26 Å². The highest BCUT2D eigenvalue weighted by atomic mass is 15.0. The van der Waals surface area contributed by atoms with E-state index in [9.17, 15) is 5.26 Å². The van der Waals surface area contributed by atoms with Gasteiger partial charge >= 0.3 is 0 Å². The van der Waals surface area contributed by atoms with Crippen molar-refractivity contribution in [3.8, 4) is 17.2 Å². The molecule has 2 unspecified atom stereocenters. The number of hydrogen-bond acceptors (Lipinski definition) is 1. The molecule has 3 nitrogen and oxygen atoms in total. The maximum atomic E-state index is 9.27. The van der Waals surface area contributed by atoms with Crippen LogP contribution in [0.15, 0.2) is 127 Å². The Labute approximate surface area is 269 Å². The second-order valence-electron chi connectivity index (χ2n) is 13.0. The van der Waals surface area contributed by atoms with Gasteiger partial charge in [-0.1, -0.05) is 78.9 Å². The minimum Gasteiger partial charge on any atom is -0.337 e. The van der Waals surface area contributed by atoms with Crippen LogP contribution in [0.25, 0.3) is 60.3 Å². The van der Waals surface area contributed by atoms with Gasteiger partial charge in [-0.3, -0.25) is 0 Å². The monoisotopic (exact) mass is 593 g/mol. The highest BCUT2D eigenvalue weighted by Crippen LogP contribution is 2.42. The highest BCUT2D eigenvalue weighted by molar-refractivity contribution is 6.11. The van der Waals surface area contributed by atoms with Crippen LogP contribution in [0.2, 0.25) is 0 Å². The Bertz CT molecular complexity index is 2390. The Kier molecular flexibility index (Phi) is 6.42. The van der Waals surface area contributed by atoms with Gasteiger partial charge in [-0.15, -0.1) is 0 Å². The summed E-state index contributed by atoms with van der Waals surface area (Å²) in [6.45, 7) is 0. The molecule has 3 heteroatoms. The Morgan fingerprint density at radius 1 is 0.587 bits per heavy atom. The number of nitrogens with zero attached hydrogens (tertiary/aromatic N) is 3. The van der Waals surface area contributed by atoms with Crippen molar-refractivity contribution in [1.82, 2.24) is 9.13 Å². The minimum absolute atomic E-state index is 0.282. The fourth-order valence-electron chi connectivity index (χ4n) is 8.23. The van der Waals surface area contributed by atoms with Gasteiger partial charge in [0.15, 0.2) is 0 Å². The lowest BCUT2D eigenvalue weighted by Gasteiger charge is -2.25. The lowest BCUT2D eigenvalue weighted by molar-refractivity contribution is 0.485. The van der Waals surface area contributed by atoms with Gasteiger partial charge in [-0.05, 0) is 109 Å². The van der Waals surface area contributed by atoms with Crippen LogP contribution >= 0.6 is 0 Å². The van der Waals surface area contributed by atoms with Crippen molar-refractivity contribution in [2.24, 2.45) is 0 Å². The van der Waals surface area contributed by atoms with Crippen LogP contribution in [-0.2, 0) is 0 Å². The fourth-order valence-corrected chi connectivity index (χ4v) is 8.23. The zero-order valence-corrected chi connectivity index (χ0v) is 25.9. The number of aromatic nitrogens is 2. The zero-order valence-electron chi connectivity index (χ0n) is 25.9. The van der Waals surface area contributed by atoms with E-state index in [0.717, 1.165) is 32.1 Å². The van der Waals surface area contributed by atoms with Crippen molar-refractivity contribution >= 4 is 49.2 Å². The van der Waals surface area contributed by atoms with E-state index in [2.05, 4.69) is 130 Å². The van der Waals surface area contributed by atoms with E-state index in [1.807, 2.05) is 12.1 Å². The third-order valence-electron chi connectivity index (χ3n) is 10.4. The van der Waals surface area contributed by atoms with Gasteiger partial charge in [0, 0.05) is 49.7 Å². The first-order valence-electron chi connectivity index (χ1n) is 16.7. The molecule has 222 valence electrons. The van der Waals surface area contributed by atoms with Crippen molar-refractivity contribution in [3.05, 3.63) is 139 Å². The molecule has 0 aliphatic heterocycles. The van der Waals surface area contributed by atoms with Gasteiger partial charge < -0.3 is 9.13 Å². The molecule has 2 aliphatic rings. The van der Waals surface area contributed by atoms with E-state index in [-0.39, 0.29) is 6.04 Å². The molecule has 2 atom stereocenters. The van der Waals surface area contributed by atoms with Gasteiger partial charge in [0.25, 0.3) is 0 Å². The molecule has 7 aromatic rings. The van der Waals surface area contributed by atoms with Crippen LogP contribution in [0.4, 0.5) is 0 Å². The SMILES string of the molecule is N#Cc1ccc(C2=CC(n3c4ccccc4c4cc(-c5ccc6c(c5)c5ccccc5n6C5CC=CCC5)ccc43)CCC2)cc1. The molecule has 0 bridgehead atoms. The molecule has 0 radical (unpaired) electrons. The Hall–Kier alpha value is -5.33. The molecule has 0 saturated carbocycles. The van der Waals surface area contributed by atoms with E-state index in [4.69, 9.17) is 0 Å². The summed E-state index contributed by atoms with van der Waals surface area (Å²) in [4.78, 5) is 0. The summed E-state index contributed by atoms with van der Waals surface area (Å²) in [6.07, 6.45) is 13.9. The lowest BCUT2D eigenvalue weighted by Crippen LogP contribution is -2.10. The molecule has 0 amide bonds. The molecule has 2 aromatic heterocycles. The number of para-hydroxylation sites is 2. The van der Waals surface area contributed by atoms with Gasteiger partial charge in [0.2, 0.25) is 0 Å². The normalized spacial score (nSPS) is 18.4. The maximum Gasteiger partial charge on any atom is 0.0991 e. The van der Waals surface area contributed by atoms with E-state index in [0.29, 0.717) is 11.6 Å². The van der Waals surface area contributed by atoms with Gasteiger partial charge in [0.1, 0.15) is 0 Å². The molecule has 2 heterocycles. The van der Waals surface area contributed by atoms with E-state index < -0.39 is 0 Å². The van der Waals surface area contributed by atoms with Gasteiger partial charge in [-0.25, -0.2) is 0 Å². The molecule has 9 rings (SSSR count). The van der Waals surface area contributed by atoms with Crippen molar-refractivity contribution in [1.29, 1.82) is 5.26 Å². The summed E-state index contributed by atoms with van der Waals surface area (Å²) in [5.41, 5.74) is 11.1. The molecule has 0 fully saturated rings. The third-order valence-corrected chi connectivity index (χ3v) is 10.4. The topological polar surface area (TPSA) is 33.6 Å². The molecule has 0 spiro atoms. The summed E-state index contributed by atoms with van der Waals surface area (Å²) in [5.74, 6) is 0. The first-order chi connectivity index (χ1) is 22.8. The van der Waals surface area contributed by atoms with Crippen molar-refractivity contribution in [2.45, 2.75) is 50.6 Å². The van der Waals surface area contributed by atoms with Gasteiger partial charge in [0.05, 0.1) is 17.7 Å². The maximum absolute atomic E-state index is 9.27. The number of hydrogen-bond donors (Lipinski definition) is 0. The number of benzene rings is 5. The zero-order chi connectivity index (χ0) is 30.6. The molecule has 0 saturated heterocycles. The van der Waals surface area contributed by atoms with E-state index in [1.54, 1.807) is 0 Å². The standard InChI is InChI=1S/C43H35N3/c44-28-29-17-19-30(20-18-29)31-9-8-12-35(25-31)46-41-16-7-5-14-37(41)39-27-33(22-24-43(39)46)32-21-23-42-38(26-32)36-13-4-6-15-40(36)45(42)34-10-2-1-3-11-34/h1-2,4-7,13-27,34-35H,3,8-12H2. The Balaban J connectivity index is 1.16. The lowest BCUT2D eigenvalue weighted by atomic mass is 9.90. The molecule has 5 aromatic carbocycles. The van der Waals surface area contributed by atoms with Crippen molar-refractivity contribution < 1.29 is 0 Å². The first-order valence-corrected chi connectivity index (χ1v) is 16.7. The van der Waals surface area contributed by atoms with E-state index >= 15 is 0 Å². The molecular weight excluding hydrogens is 558 g/mol. The summed E-state index contributed by atoms with van der Waals surface area (Å²) >= 11 is 0. The predicted molar refractivity (Wildman–Crippen MR) is 192 cm³/mol. The highest BCUT2D eigenvalue weighted by Gasteiger charge is 2.22. The molecule has 2 aliphatic carbocycles. The molecule has 46 heavy (non-hydrogen) atoms. The van der Waals surface area contributed by atoms with Crippen LogP contribution in [0.5, 0.6) is 0 Å². The quantitative estimate of drug-likeness (QED) is 0.187. The smallest absolute Gasteiger partial charge is 0.0991 e. The van der Waals surface area contributed by atoms with Crippen LogP contribution in [-0.4, -0.2) is 9.13 Å². The number of allylic oxidation sites excluding steroid dienone is 4. The van der Waals surface area contributed by atoms with Crippen LogP contribution < -0.4 is 0 Å². The minimum atomic E-state index is 0.282. The second kappa shape index (κ2) is 10.9. The number of nitriles is 1. The van der Waals surface area contributed by atoms with Crippen LogP contribution in [0.3, 0.4) is 0 Å². The van der Waals surface area contributed by atoms with Crippen LogP contribution in [0, 0.1) is 11.3 Å². The molecule has 0 N–H and O–H groups in total. The summed E-state index contributed by atoms with van der Waals surface area (Å²) in [7, 11) is 0. The fraction of sp³-hybridized carbons (Fsp3) is 0.186. The Morgan fingerprint density at radius 2 is 1.20 bits per heavy atom. The summed E-state index contributed by atoms with van der Waals surface area (Å²) in [5, 5.41) is 14.6. The average molecular weight is 594 g/mol. The largest absolute Gasteiger partial charge is 0.337 e. The van der Waals surface area contributed by atoms with Crippen molar-refractivity contribution in [2.75, 3.05) is 0 Å². The predicted octanol–water partition coefficient (Wildman–Crippen LogP) is 11.5. The summed E-state index contributed by atoms with van der Waals surface area (Å²) < 4.78 is 5.16.